The summed E-state index contributed by atoms with van der Waals surface area (Å²) in [5, 5.41) is 14.3. The molecule has 5 nitrogen and oxygen atoms in total. The lowest BCUT2D eigenvalue weighted by atomic mass is 10.0. The molecule has 0 saturated carbocycles. The van der Waals surface area contributed by atoms with Crippen LogP contribution in [0.2, 0.25) is 0 Å². The zero-order valence-electron chi connectivity index (χ0n) is 17.7. The van der Waals surface area contributed by atoms with Gasteiger partial charge in [0, 0.05) is 22.2 Å². The number of thioether (sulfide) groups is 1. The fourth-order valence-corrected chi connectivity index (χ4v) is 4.20. The highest BCUT2D eigenvalue weighted by Crippen LogP contribution is 2.30. The zero-order valence-corrected chi connectivity index (χ0v) is 18.5. The molecule has 0 spiro atoms. The van der Waals surface area contributed by atoms with Gasteiger partial charge < -0.3 is 5.32 Å². The van der Waals surface area contributed by atoms with Crippen LogP contribution in [0.25, 0.3) is 33.3 Å². The van der Waals surface area contributed by atoms with Crippen LogP contribution in [0.3, 0.4) is 0 Å². The van der Waals surface area contributed by atoms with Gasteiger partial charge in [0.1, 0.15) is 11.4 Å². The van der Waals surface area contributed by atoms with Gasteiger partial charge in [-0.15, -0.1) is 10.2 Å². The van der Waals surface area contributed by atoms with Crippen molar-refractivity contribution >= 4 is 34.1 Å². The van der Waals surface area contributed by atoms with Crippen molar-refractivity contribution in [3.8, 4) is 22.5 Å². The maximum atomic E-state index is 12.7. The Balaban J connectivity index is 1.37. The van der Waals surface area contributed by atoms with Crippen LogP contribution >= 0.6 is 11.8 Å². The Kier molecular flexibility index (Phi) is 6.08. The average Bonchev–Trinajstić information content (AvgIpc) is 2.89. The van der Waals surface area contributed by atoms with Gasteiger partial charge in [0.15, 0.2) is 0 Å². The van der Waals surface area contributed by atoms with Gasteiger partial charge in [0.2, 0.25) is 11.1 Å². The van der Waals surface area contributed by atoms with Gasteiger partial charge in [-0.3, -0.25) is 4.79 Å². The molecule has 6 heteroatoms. The fraction of sp³-hybridized carbons (Fsp3) is 0.0370. The number of anilines is 1. The minimum atomic E-state index is -0.117. The molecular formula is C27H20N4OS. The highest BCUT2D eigenvalue weighted by molar-refractivity contribution is 7.99. The fourth-order valence-electron chi connectivity index (χ4n) is 3.61. The summed E-state index contributed by atoms with van der Waals surface area (Å²) in [5.41, 5.74) is 4.15. The topological polar surface area (TPSA) is 67.8 Å². The maximum absolute atomic E-state index is 12.7. The summed E-state index contributed by atoms with van der Waals surface area (Å²) in [6.07, 6.45) is 0. The molecule has 0 radical (unpaired) electrons. The lowest BCUT2D eigenvalue weighted by molar-refractivity contribution is -0.113. The molecule has 5 rings (SSSR count). The van der Waals surface area contributed by atoms with Crippen molar-refractivity contribution in [2.45, 2.75) is 5.16 Å². The van der Waals surface area contributed by atoms with Crippen molar-refractivity contribution in [3.05, 3.63) is 103 Å². The third-order valence-corrected chi connectivity index (χ3v) is 6.00. The average molecular weight is 449 g/mol. The standard InChI is InChI=1S/C27H20N4OS/c32-24(28-23-17-9-15-19-10-7-8-16-22(19)23)18-33-27-29-25(20-11-3-1-4-12-20)26(30-31-27)21-13-5-2-6-14-21/h1-17H,18H2,(H,28,32). The number of nitrogens with one attached hydrogen (secondary N) is 1. The van der Waals surface area contributed by atoms with Crippen LogP contribution in [-0.2, 0) is 4.79 Å². The van der Waals surface area contributed by atoms with E-state index in [1.54, 1.807) is 0 Å². The molecule has 0 saturated heterocycles. The molecule has 5 aromatic rings. The lowest BCUT2D eigenvalue weighted by Gasteiger charge is -2.10. The largest absolute Gasteiger partial charge is 0.325 e. The van der Waals surface area contributed by atoms with E-state index in [2.05, 4.69) is 15.5 Å². The van der Waals surface area contributed by atoms with Crippen molar-refractivity contribution in [2.75, 3.05) is 11.1 Å². The number of hydrogen-bond donors (Lipinski definition) is 1. The van der Waals surface area contributed by atoms with Gasteiger partial charge >= 0.3 is 0 Å². The van der Waals surface area contributed by atoms with Crippen molar-refractivity contribution in [1.82, 2.24) is 15.2 Å². The van der Waals surface area contributed by atoms with Gasteiger partial charge in [0.25, 0.3) is 0 Å². The number of amides is 1. The normalized spacial score (nSPS) is 10.8. The molecule has 1 heterocycles. The minimum Gasteiger partial charge on any atom is -0.325 e. The van der Waals surface area contributed by atoms with Crippen LogP contribution < -0.4 is 5.32 Å². The molecule has 0 aliphatic heterocycles. The second-order valence-electron chi connectivity index (χ2n) is 7.39. The first-order valence-corrected chi connectivity index (χ1v) is 11.5. The number of rotatable bonds is 6. The molecule has 0 bridgehead atoms. The van der Waals surface area contributed by atoms with Crippen molar-refractivity contribution in [3.63, 3.8) is 0 Å². The summed E-state index contributed by atoms with van der Waals surface area (Å²) in [4.78, 5) is 17.4. The first-order valence-electron chi connectivity index (χ1n) is 10.5. The van der Waals surface area contributed by atoms with E-state index in [0.717, 1.165) is 33.3 Å². The Hall–Kier alpha value is -4.03. The van der Waals surface area contributed by atoms with E-state index in [1.165, 1.54) is 11.8 Å². The minimum absolute atomic E-state index is 0.117. The molecule has 160 valence electrons. The van der Waals surface area contributed by atoms with Crippen molar-refractivity contribution in [2.24, 2.45) is 0 Å². The summed E-state index contributed by atoms with van der Waals surface area (Å²) < 4.78 is 0. The Morgan fingerprint density at radius 3 is 2.09 bits per heavy atom. The Morgan fingerprint density at radius 2 is 1.33 bits per heavy atom. The SMILES string of the molecule is O=C(CSc1nnc(-c2ccccc2)c(-c2ccccc2)n1)Nc1cccc2ccccc12. The number of benzene rings is 4. The number of carbonyl (C=O) groups excluding carboxylic acids is 1. The van der Waals surface area contributed by atoms with Gasteiger partial charge in [-0.1, -0.05) is 109 Å². The molecule has 0 unspecified atom stereocenters. The first kappa shape index (κ1) is 20.8. The number of hydrogen-bond acceptors (Lipinski definition) is 5. The van der Waals surface area contributed by atoms with Gasteiger partial charge in [-0.2, -0.15) is 0 Å². The van der Waals surface area contributed by atoms with E-state index in [9.17, 15) is 4.79 Å². The van der Waals surface area contributed by atoms with E-state index in [4.69, 9.17) is 4.98 Å². The Labute approximate surface area is 195 Å². The van der Waals surface area contributed by atoms with Crippen LogP contribution in [0.1, 0.15) is 0 Å². The second kappa shape index (κ2) is 9.63. The third-order valence-electron chi connectivity index (χ3n) is 5.16. The number of fused-ring (bicyclic) bond motifs is 1. The molecule has 0 atom stereocenters. The van der Waals surface area contributed by atoms with E-state index in [1.807, 2.05) is 103 Å². The van der Waals surface area contributed by atoms with Gasteiger partial charge in [-0.25, -0.2) is 4.98 Å². The maximum Gasteiger partial charge on any atom is 0.234 e. The molecule has 1 aromatic heterocycles. The van der Waals surface area contributed by atoms with Crippen LogP contribution in [0.15, 0.2) is 108 Å². The first-order chi connectivity index (χ1) is 16.3. The van der Waals surface area contributed by atoms with Crippen LogP contribution in [0.4, 0.5) is 5.69 Å². The molecule has 4 aromatic carbocycles. The summed E-state index contributed by atoms with van der Waals surface area (Å²) in [6.45, 7) is 0. The summed E-state index contributed by atoms with van der Waals surface area (Å²) in [6, 6.07) is 33.6. The van der Waals surface area contributed by atoms with Crippen molar-refractivity contribution in [1.29, 1.82) is 0 Å². The number of carbonyl (C=O) groups is 1. The van der Waals surface area contributed by atoms with Crippen molar-refractivity contribution < 1.29 is 4.79 Å². The summed E-state index contributed by atoms with van der Waals surface area (Å²) in [5.74, 6) is 0.0671. The van der Waals surface area contributed by atoms with E-state index in [0.29, 0.717) is 10.9 Å². The summed E-state index contributed by atoms with van der Waals surface area (Å²) >= 11 is 1.27. The molecule has 1 N–H and O–H groups in total. The van der Waals surface area contributed by atoms with Crippen LogP contribution in [-0.4, -0.2) is 26.8 Å². The summed E-state index contributed by atoms with van der Waals surface area (Å²) in [7, 11) is 0. The second-order valence-corrected chi connectivity index (χ2v) is 8.33. The number of aromatic nitrogens is 3. The van der Waals surface area contributed by atoms with E-state index in [-0.39, 0.29) is 11.7 Å². The number of nitrogens with zero attached hydrogens (tertiary/aromatic N) is 3. The van der Waals surface area contributed by atoms with E-state index < -0.39 is 0 Å². The highest BCUT2D eigenvalue weighted by Gasteiger charge is 2.15. The van der Waals surface area contributed by atoms with Gasteiger partial charge in [0.05, 0.1) is 5.75 Å². The lowest BCUT2D eigenvalue weighted by Crippen LogP contribution is -2.14. The Bertz CT molecular complexity index is 1400. The predicted molar refractivity (Wildman–Crippen MR) is 134 cm³/mol. The molecule has 0 aliphatic rings. The smallest absolute Gasteiger partial charge is 0.234 e. The van der Waals surface area contributed by atoms with Gasteiger partial charge in [-0.05, 0) is 11.5 Å². The van der Waals surface area contributed by atoms with Crippen LogP contribution in [0, 0.1) is 0 Å². The quantitative estimate of drug-likeness (QED) is 0.318. The molecular weight excluding hydrogens is 428 g/mol. The zero-order chi connectivity index (χ0) is 22.5. The molecule has 33 heavy (non-hydrogen) atoms. The Morgan fingerprint density at radius 1 is 0.697 bits per heavy atom. The van der Waals surface area contributed by atoms with Crippen LogP contribution in [0.5, 0.6) is 0 Å². The predicted octanol–water partition coefficient (Wildman–Crippen LogP) is 6.09. The van der Waals surface area contributed by atoms with E-state index >= 15 is 0 Å². The third kappa shape index (κ3) is 4.76. The molecule has 0 aliphatic carbocycles. The molecule has 1 amide bonds. The highest BCUT2D eigenvalue weighted by atomic mass is 32.2. The monoisotopic (exact) mass is 448 g/mol. The molecule has 0 fully saturated rings.